The van der Waals surface area contributed by atoms with Crippen molar-refractivity contribution in [2.45, 2.75) is 26.1 Å². The van der Waals surface area contributed by atoms with Crippen molar-refractivity contribution in [3.05, 3.63) is 41.0 Å². The van der Waals surface area contributed by atoms with E-state index in [2.05, 4.69) is 17.9 Å². The summed E-state index contributed by atoms with van der Waals surface area (Å²) in [6.07, 6.45) is -1.28. The second-order valence-corrected chi connectivity index (χ2v) is 4.79. The van der Waals surface area contributed by atoms with Crippen LogP contribution in [0.5, 0.6) is 0 Å². The van der Waals surface area contributed by atoms with Gasteiger partial charge in [-0.05, 0) is 37.1 Å². The molecule has 1 aliphatic rings. The van der Waals surface area contributed by atoms with Gasteiger partial charge in [0.25, 0.3) is 0 Å². The summed E-state index contributed by atoms with van der Waals surface area (Å²) in [6, 6.07) is 3.81. The highest BCUT2D eigenvalue weighted by Gasteiger charge is 2.31. The first kappa shape index (κ1) is 13.9. The summed E-state index contributed by atoms with van der Waals surface area (Å²) in [6.45, 7) is 3.72. The maximum atomic E-state index is 12.7. The van der Waals surface area contributed by atoms with Crippen molar-refractivity contribution in [3.63, 3.8) is 0 Å². The average Bonchev–Trinajstić information content (AvgIpc) is 2.38. The van der Waals surface area contributed by atoms with E-state index in [4.69, 9.17) is 5.73 Å². The van der Waals surface area contributed by atoms with Gasteiger partial charge in [-0.3, -0.25) is 0 Å². The molecule has 2 rings (SSSR count). The number of nitrogens with zero attached hydrogens (tertiary/aromatic N) is 1. The molecule has 0 aromatic heterocycles. The van der Waals surface area contributed by atoms with Gasteiger partial charge in [0.2, 0.25) is 0 Å². The predicted molar refractivity (Wildman–Crippen MR) is 69.9 cm³/mol. The van der Waals surface area contributed by atoms with E-state index in [1.165, 1.54) is 11.6 Å². The van der Waals surface area contributed by atoms with E-state index in [0.29, 0.717) is 5.56 Å². The van der Waals surface area contributed by atoms with E-state index in [-0.39, 0.29) is 6.54 Å². The van der Waals surface area contributed by atoms with Gasteiger partial charge < -0.3 is 10.6 Å². The predicted octanol–water partition coefficient (Wildman–Crippen LogP) is 3.32. The molecular weight excluding hydrogens is 253 g/mol. The second-order valence-electron chi connectivity index (χ2n) is 4.79. The van der Waals surface area contributed by atoms with Crippen LogP contribution in [-0.2, 0) is 12.7 Å². The molecule has 0 radical (unpaired) electrons. The van der Waals surface area contributed by atoms with Gasteiger partial charge in [0.05, 0.1) is 5.56 Å². The largest absolute Gasteiger partial charge is 0.416 e. The molecule has 1 heterocycles. The molecule has 19 heavy (non-hydrogen) atoms. The zero-order chi connectivity index (χ0) is 14.0. The molecule has 1 aliphatic heterocycles. The van der Waals surface area contributed by atoms with Crippen molar-refractivity contribution in [3.8, 4) is 0 Å². The van der Waals surface area contributed by atoms with Crippen molar-refractivity contribution in [2.24, 2.45) is 5.73 Å². The number of hydrogen-bond donors (Lipinski definition) is 1. The Balaban J connectivity index is 2.31. The lowest BCUT2D eigenvalue weighted by Gasteiger charge is -2.29. The zero-order valence-corrected chi connectivity index (χ0v) is 10.8. The molecule has 1 aromatic rings. The second kappa shape index (κ2) is 5.25. The highest BCUT2D eigenvalue weighted by Crippen LogP contribution is 2.33. The first-order valence-electron chi connectivity index (χ1n) is 6.22. The molecule has 0 saturated heterocycles. The summed E-state index contributed by atoms with van der Waals surface area (Å²) in [5.74, 6) is 0. The van der Waals surface area contributed by atoms with Crippen molar-refractivity contribution in [1.82, 2.24) is 0 Å². The summed E-state index contributed by atoms with van der Waals surface area (Å²) in [4.78, 5) is 2.06. The Hall–Kier alpha value is -1.49. The van der Waals surface area contributed by atoms with Gasteiger partial charge in [-0.1, -0.05) is 11.6 Å². The average molecular weight is 270 g/mol. The van der Waals surface area contributed by atoms with Crippen LogP contribution < -0.4 is 10.6 Å². The fourth-order valence-electron chi connectivity index (χ4n) is 2.22. The maximum Gasteiger partial charge on any atom is 0.416 e. The first-order valence-corrected chi connectivity index (χ1v) is 6.22. The summed E-state index contributed by atoms with van der Waals surface area (Å²) < 4.78 is 38.0. The van der Waals surface area contributed by atoms with Gasteiger partial charge in [-0.25, -0.2) is 0 Å². The molecule has 0 spiro atoms. The Morgan fingerprint density at radius 2 is 2.05 bits per heavy atom. The normalized spacial score (nSPS) is 16.5. The SMILES string of the molecule is CC1=CCN(c2ccc(C(F)(F)F)cc2CN)CC1. The van der Waals surface area contributed by atoms with Crippen LogP contribution >= 0.6 is 0 Å². The minimum absolute atomic E-state index is 0.110. The van der Waals surface area contributed by atoms with E-state index in [0.717, 1.165) is 37.3 Å². The lowest BCUT2D eigenvalue weighted by atomic mass is 10.0. The number of nitrogens with two attached hydrogens (primary N) is 1. The Morgan fingerprint density at radius 3 is 2.58 bits per heavy atom. The van der Waals surface area contributed by atoms with E-state index in [1.807, 2.05) is 0 Å². The lowest BCUT2D eigenvalue weighted by molar-refractivity contribution is -0.137. The molecule has 2 N–H and O–H groups in total. The fourth-order valence-corrected chi connectivity index (χ4v) is 2.22. The molecule has 0 amide bonds. The fraction of sp³-hybridized carbons (Fsp3) is 0.429. The summed E-state index contributed by atoms with van der Waals surface area (Å²) in [5.41, 5.74) is 7.62. The van der Waals surface area contributed by atoms with Gasteiger partial charge in [0, 0.05) is 25.3 Å². The van der Waals surface area contributed by atoms with E-state index in [1.54, 1.807) is 0 Å². The molecular formula is C14H17F3N2. The molecule has 0 aliphatic carbocycles. The van der Waals surface area contributed by atoms with Crippen LogP contribution in [0.1, 0.15) is 24.5 Å². The van der Waals surface area contributed by atoms with Crippen molar-refractivity contribution >= 4 is 5.69 Å². The number of anilines is 1. The maximum absolute atomic E-state index is 12.7. The van der Waals surface area contributed by atoms with Crippen LogP contribution in [0.3, 0.4) is 0 Å². The van der Waals surface area contributed by atoms with Crippen molar-refractivity contribution in [2.75, 3.05) is 18.0 Å². The van der Waals surface area contributed by atoms with Gasteiger partial charge >= 0.3 is 6.18 Å². The van der Waals surface area contributed by atoms with Gasteiger partial charge in [-0.15, -0.1) is 0 Å². The Labute approximate surface area is 110 Å². The molecule has 0 fully saturated rings. The van der Waals surface area contributed by atoms with E-state index in [9.17, 15) is 13.2 Å². The molecule has 1 aromatic carbocycles. The summed E-state index contributed by atoms with van der Waals surface area (Å²) in [5, 5.41) is 0. The molecule has 2 nitrogen and oxygen atoms in total. The van der Waals surface area contributed by atoms with Crippen LogP contribution in [0.4, 0.5) is 18.9 Å². The summed E-state index contributed by atoms with van der Waals surface area (Å²) in [7, 11) is 0. The Bertz CT molecular complexity index is 492. The minimum atomic E-state index is -4.32. The molecule has 0 atom stereocenters. The minimum Gasteiger partial charge on any atom is -0.367 e. The molecule has 0 unspecified atom stereocenters. The van der Waals surface area contributed by atoms with Gasteiger partial charge in [0.1, 0.15) is 0 Å². The highest BCUT2D eigenvalue weighted by molar-refractivity contribution is 5.56. The number of alkyl halides is 3. The van der Waals surface area contributed by atoms with Crippen LogP contribution in [0.15, 0.2) is 29.8 Å². The zero-order valence-electron chi connectivity index (χ0n) is 10.8. The smallest absolute Gasteiger partial charge is 0.367 e. The number of hydrogen-bond acceptors (Lipinski definition) is 2. The lowest BCUT2D eigenvalue weighted by Crippen LogP contribution is -2.29. The topological polar surface area (TPSA) is 29.3 Å². The molecule has 104 valence electrons. The van der Waals surface area contributed by atoms with Gasteiger partial charge in [0.15, 0.2) is 0 Å². The van der Waals surface area contributed by atoms with Crippen LogP contribution in [-0.4, -0.2) is 13.1 Å². The monoisotopic (exact) mass is 270 g/mol. The standard InChI is InChI=1S/C14H17F3N2/c1-10-4-6-19(7-5-10)13-3-2-12(14(15,16)17)8-11(13)9-18/h2-4,8H,5-7,9,18H2,1H3. The number of halogens is 3. The van der Waals surface area contributed by atoms with Crippen LogP contribution in [0, 0.1) is 0 Å². The highest BCUT2D eigenvalue weighted by atomic mass is 19.4. The molecule has 5 heteroatoms. The quantitative estimate of drug-likeness (QED) is 0.835. The van der Waals surface area contributed by atoms with Crippen molar-refractivity contribution < 1.29 is 13.2 Å². The number of benzene rings is 1. The third-order valence-corrected chi connectivity index (χ3v) is 3.40. The third kappa shape index (κ3) is 3.10. The van der Waals surface area contributed by atoms with Gasteiger partial charge in [-0.2, -0.15) is 13.2 Å². The Kier molecular flexibility index (Phi) is 3.85. The first-order chi connectivity index (χ1) is 8.91. The Morgan fingerprint density at radius 1 is 1.32 bits per heavy atom. The van der Waals surface area contributed by atoms with E-state index < -0.39 is 11.7 Å². The molecule has 0 saturated carbocycles. The summed E-state index contributed by atoms with van der Waals surface area (Å²) >= 11 is 0. The third-order valence-electron chi connectivity index (χ3n) is 3.40. The van der Waals surface area contributed by atoms with Crippen LogP contribution in [0.2, 0.25) is 0 Å². The molecule has 0 bridgehead atoms. The van der Waals surface area contributed by atoms with Crippen molar-refractivity contribution in [1.29, 1.82) is 0 Å². The van der Waals surface area contributed by atoms with E-state index >= 15 is 0 Å². The van der Waals surface area contributed by atoms with Crippen LogP contribution in [0.25, 0.3) is 0 Å². The number of rotatable bonds is 2.